The van der Waals surface area contributed by atoms with Crippen molar-refractivity contribution in [2.24, 2.45) is 11.8 Å². The van der Waals surface area contributed by atoms with E-state index >= 15 is 0 Å². The van der Waals surface area contributed by atoms with Crippen LogP contribution in [0.15, 0.2) is 0 Å². The van der Waals surface area contributed by atoms with Gasteiger partial charge < -0.3 is 9.90 Å². The zero-order valence-corrected chi connectivity index (χ0v) is 6.32. The highest BCUT2D eigenvalue weighted by Crippen LogP contribution is 2.27. The Morgan fingerprint density at radius 1 is 1.45 bits per heavy atom. The summed E-state index contributed by atoms with van der Waals surface area (Å²) in [6.07, 6.45) is 3.90. The minimum Gasteiger partial charge on any atom is -0.481 e. The lowest BCUT2D eigenvalue weighted by Gasteiger charge is -2.21. The van der Waals surface area contributed by atoms with Crippen molar-refractivity contribution in [3.05, 3.63) is 0 Å². The summed E-state index contributed by atoms with van der Waals surface area (Å²) in [5.41, 5.74) is 0. The fourth-order valence-corrected chi connectivity index (χ4v) is 1.58. The van der Waals surface area contributed by atoms with Gasteiger partial charge in [0.1, 0.15) is 6.29 Å². The van der Waals surface area contributed by atoms with Crippen LogP contribution < -0.4 is 0 Å². The second-order valence-corrected chi connectivity index (χ2v) is 3.10. The van der Waals surface area contributed by atoms with E-state index in [1.807, 2.05) is 0 Å². The lowest BCUT2D eigenvalue weighted by molar-refractivity contribution is -0.143. The largest absolute Gasteiger partial charge is 0.481 e. The molecule has 0 aromatic carbocycles. The summed E-state index contributed by atoms with van der Waals surface area (Å²) in [7, 11) is 0. The molecule has 0 aliphatic heterocycles. The lowest BCUT2D eigenvalue weighted by Crippen LogP contribution is -2.23. The molecule has 11 heavy (non-hydrogen) atoms. The van der Waals surface area contributed by atoms with Crippen molar-refractivity contribution in [2.75, 3.05) is 0 Å². The molecule has 1 rings (SSSR count). The quantitative estimate of drug-likeness (QED) is 0.608. The Labute approximate surface area is 65.4 Å². The molecule has 0 bridgehead atoms. The maximum Gasteiger partial charge on any atom is 0.306 e. The zero-order chi connectivity index (χ0) is 8.27. The fourth-order valence-electron chi connectivity index (χ4n) is 1.58. The van der Waals surface area contributed by atoms with Crippen LogP contribution in [0.2, 0.25) is 0 Å². The molecule has 0 amide bonds. The number of carbonyl (C=O) groups is 2. The highest BCUT2D eigenvalue weighted by molar-refractivity contribution is 5.71. The van der Waals surface area contributed by atoms with Gasteiger partial charge in [-0.05, 0) is 19.3 Å². The Morgan fingerprint density at radius 3 is 2.73 bits per heavy atom. The van der Waals surface area contributed by atoms with Crippen LogP contribution in [0.5, 0.6) is 0 Å². The number of aldehydes is 1. The number of aliphatic carboxylic acids is 1. The number of hydrogen-bond acceptors (Lipinski definition) is 2. The van der Waals surface area contributed by atoms with E-state index in [4.69, 9.17) is 5.11 Å². The van der Waals surface area contributed by atoms with Crippen molar-refractivity contribution < 1.29 is 14.7 Å². The summed E-state index contributed by atoms with van der Waals surface area (Å²) in [4.78, 5) is 20.8. The number of carboxylic acid groups (broad SMARTS) is 1. The fraction of sp³-hybridized carbons (Fsp3) is 0.750. The van der Waals surface area contributed by atoms with Gasteiger partial charge in [0, 0.05) is 5.92 Å². The first-order valence-corrected chi connectivity index (χ1v) is 3.92. The molecule has 62 valence electrons. The summed E-state index contributed by atoms with van der Waals surface area (Å²) >= 11 is 0. The zero-order valence-electron chi connectivity index (χ0n) is 6.32. The van der Waals surface area contributed by atoms with E-state index in [-0.39, 0.29) is 11.8 Å². The molecule has 0 radical (unpaired) electrons. The molecule has 0 heterocycles. The molecule has 0 unspecified atom stereocenters. The van der Waals surface area contributed by atoms with Gasteiger partial charge in [-0.1, -0.05) is 6.42 Å². The second-order valence-electron chi connectivity index (χ2n) is 3.10. The predicted octanol–water partition coefficient (Wildman–Crippen LogP) is 1.08. The number of carboxylic acids is 1. The van der Waals surface area contributed by atoms with Crippen LogP contribution >= 0.6 is 0 Å². The van der Waals surface area contributed by atoms with Gasteiger partial charge >= 0.3 is 5.97 Å². The summed E-state index contributed by atoms with van der Waals surface area (Å²) in [5.74, 6) is -1.04. The Hall–Kier alpha value is -0.860. The first-order valence-electron chi connectivity index (χ1n) is 3.92. The van der Waals surface area contributed by atoms with Gasteiger partial charge in [0.15, 0.2) is 0 Å². The van der Waals surface area contributed by atoms with Crippen LogP contribution in [0.4, 0.5) is 0 Å². The van der Waals surface area contributed by atoms with Gasteiger partial charge in [0.05, 0.1) is 5.92 Å². The van der Waals surface area contributed by atoms with Gasteiger partial charge in [-0.3, -0.25) is 4.79 Å². The third kappa shape index (κ3) is 2.03. The molecular weight excluding hydrogens is 144 g/mol. The van der Waals surface area contributed by atoms with Crippen molar-refractivity contribution in [1.29, 1.82) is 0 Å². The molecule has 0 aromatic heterocycles. The monoisotopic (exact) mass is 156 g/mol. The van der Waals surface area contributed by atoms with E-state index in [1.54, 1.807) is 0 Å². The number of rotatable bonds is 2. The van der Waals surface area contributed by atoms with E-state index in [1.165, 1.54) is 0 Å². The molecule has 3 heteroatoms. The molecule has 3 nitrogen and oxygen atoms in total. The topological polar surface area (TPSA) is 54.4 Å². The van der Waals surface area contributed by atoms with Crippen molar-refractivity contribution >= 4 is 12.3 Å². The van der Waals surface area contributed by atoms with Gasteiger partial charge in [0.2, 0.25) is 0 Å². The van der Waals surface area contributed by atoms with Crippen LogP contribution in [0.1, 0.15) is 25.7 Å². The van der Waals surface area contributed by atoms with Crippen LogP contribution in [-0.4, -0.2) is 17.4 Å². The predicted molar refractivity (Wildman–Crippen MR) is 39.1 cm³/mol. The number of hydrogen-bond donors (Lipinski definition) is 1. The van der Waals surface area contributed by atoms with Crippen LogP contribution in [-0.2, 0) is 9.59 Å². The first kappa shape index (κ1) is 8.24. The van der Waals surface area contributed by atoms with Crippen molar-refractivity contribution in [2.45, 2.75) is 25.7 Å². The summed E-state index contributed by atoms with van der Waals surface area (Å²) in [6.45, 7) is 0. The molecular formula is C8H12O3. The maximum absolute atomic E-state index is 10.5. The highest BCUT2D eigenvalue weighted by Gasteiger charge is 2.26. The Morgan fingerprint density at radius 2 is 2.18 bits per heavy atom. The van der Waals surface area contributed by atoms with Crippen LogP contribution in [0, 0.1) is 11.8 Å². The molecule has 1 saturated carbocycles. The lowest BCUT2D eigenvalue weighted by atomic mass is 9.82. The average Bonchev–Trinajstić information content (AvgIpc) is 2.05. The standard InChI is InChI=1S/C8H12O3/c9-5-6-2-1-3-7(4-6)8(10)11/h5-7H,1-4H2,(H,10,11)/t6-,7+/m0/s1. The van der Waals surface area contributed by atoms with Crippen molar-refractivity contribution in [3.63, 3.8) is 0 Å². The third-order valence-corrected chi connectivity index (χ3v) is 2.26. The molecule has 2 atom stereocenters. The van der Waals surface area contributed by atoms with Crippen LogP contribution in [0.3, 0.4) is 0 Å². The minimum absolute atomic E-state index is 0.00940. The SMILES string of the molecule is O=C[C@H]1CCC[C@@H](C(=O)O)C1. The van der Waals surface area contributed by atoms with Gasteiger partial charge in [-0.2, -0.15) is 0 Å². The number of carbonyl (C=O) groups excluding carboxylic acids is 1. The second kappa shape index (κ2) is 3.51. The third-order valence-electron chi connectivity index (χ3n) is 2.26. The molecule has 0 spiro atoms. The normalized spacial score (nSPS) is 31.3. The van der Waals surface area contributed by atoms with E-state index in [9.17, 15) is 9.59 Å². The minimum atomic E-state index is -0.753. The van der Waals surface area contributed by atoms with Gasteiger partial charge in [-0.25, -0.2) is 0 Å². The summed E-state index contributed by atoms with van der Waals surface area (Å²) in [5, 5.41) is 8.64. The molecule has 0 saturated heterocycles. The first-order chi connectivity index (χ1) is 5.24. The van der Waals surface area contributed by atoms with E-state index < -0.39 is 5.97 Å². The smallest absolute Gasteiger partial charge is 0.306 e. The molecule has 1 N–H and O–H groups in total. The highest BCUT2D eigenvalue weighted by atomic mass is 16.4. The Bertz CT molecular complexity index is 165. The van der Waals surface area contributed by atoms with Gasteiger partial charge in [-0.15, -0.1) is 0 Å². The molecule has 1 aliphatic carbocycles. The molecule has 1 aliphatic rings. The summed E-state index contributed by atoms with van der Waals surface area (Å²) < 4.78 is 0. The van der Waals surface area contributed by atoms with E-state index in [2.05, 4.69) is 0 Å². The Kier molecular flexibility index (Phi) is 2.63. The van der Waals surface area contributed by atoms with E-state index in [0.717, 1.165) is 25.5 Å². The average molecular weight is 156 g/mol. The maximum atomic E-state index is 10.5. The van der Waals surface area contributed by atoms with Crippen molar-refractivity contribution in [1.82, 2.24) is 0 Å². The molecule has 0 aromatic rings. The van der Waals surface area contributed by atoms with Gasteiger partial charge in [0.25, 0.3) is 0 Å². The Balaban J connectivity index is 2.45. The summed E-state index contributed by atoms with van der Waals surface area (Å²) in [6, 6.07) is 0. The van der Waals surface area contributed by atoms with Crippen molar-refractivity contribution in [3.8, 4) is 0 Å². The van der Waals surface area contributed by atoms with E-state index in [0.29, 0.717) is 6.42 Å². The van der Waals surface area contributed by atoms with Crippen LogP contribution in [0.25, 0.3) is 0 Å². The molecule has 1 fully saturated rings.